The molecule has 234 valence electrons. The second kappa shape index (κ2) is 13.8. The van der Waals surface area contributed by atoms with E-state index in [2.05, 4.69) is 5.32 Å². The van der Waals surface area contributed by atoms with Crippen LogP contribution in [0.3, 0.4) is 0 Å². The van der Waals surface area contributed by atoms with Gasteiger partial charge in [0.05, 0.1) is 24.3 Å². The molecule has 0 spiro atoms. The second-order valence-electron chi connectivity index (χ2n) is 12.0. The van der Waals surface area contributed by atoms with Gasteiger partial charge in [-0.2, -0.15) is 0 Å². The highest BCUT2D eigenvalue weighted by atomic mass is 16.5. The summed E-state index contributed by atoms with van der Waals surface area (Å²) in [7, 11) is 1.57. The number of ether oxygens (including phenoxy) is 3. The van der Waals surface area contributed by atoms with Gasteiger partial charge in [0.2, 0.25) is 11.8 Å². The first kappa shape index (κ1) is 32.3. The second-order valence-corrected chi connectivity index (χ2v) is 12.0. The van der Waals surface area contributed by atoms with Crippen LogP contribution in [0.15, 0.2) is 48.1 Å². The number of aliphatic hydroxyl groups is 1. The largest absolute Gasteiger partial charge is 0.508 e. The summed E-state index contributed by atoms with van der Waals surface area (Å²) >= 11 is 0. The number of aromatic hydroxyl groups is 1. The Kier molecular flexibility index (Phi) is 10.3. The van der Waals surface area contributed by atoms with Gasteiger partial charge in [-0.15, -0.1) is 0 Å². The number of phenols is 1. The molecular weight excluding hydrogens is 552 g/mol. The Balaban J connectivity index is 1.65. The molecule has 3 N–H and O–H groups in total. The molecule has 3 aliphatic heterocycles. The number of carbonyl (C=O) groups excluding carboxylic acids is 3. The third-order valence-corrected chi connectivity index (χ3v) is 8.46. The van der Waals surface area contributed by atoms with Gasteiger partial charge in [0.15, 0.2) is 0 Å². The summed E-state index contributed by atoms with van der Waals surface area (Å²) in [6.07, 6.45) is 8.44. The monoisotopic (exact) mass is 596 g/mol. The molecule has 10 nitrogen and oxygen atoms in total. The number of aryl methyl sites for hydroxylation is 1. The molecule has 0 aromatic heterocycles. The standard InChI is InChI=1S/C33H44N2O8/c1-18(2)32(39)34-21(5)33(40)43-25-13-8-7-9-14-26-29-27(41-6)17-28(37)35(29)24-16-23(36)15-22(31(24)42-26)12-10-11-19(3)30(38)20(25)4/h7-9,11,14-16,18,20-21,25-27,29-30,36,38H,10,12-13,17H2,1-6H3,(H,34,39). The predicted octanol–water partition coefficient (Wildman–Crippen LogP) is 3.74. The molecule has 1 aromatic carbocycles. The molecule has 3 heterocycles. The summed E-state index contributed by atoms with van der Waals surface area (Å²) in [5.74, 6) is -1.04. The van der Waals surface area contributed by atoms with Crippen molar-refractivity contribution in [1.29, 1.82) is 0 Å². The zero-order valence-corrected chi connectivity index (χ0v) is 25.8. The summed E-state index contributed by atoms with van der Waals surface area (Å²) in [5.41, 5.74) is 2.00. The number of nitrogens with one attached hydrogen (secondary N) is 1. The van der Waals surface area contributed by atoms with Gasteiger partial charge in [0, 0.05) is 37.0 Å². The van der Waals surface area contributed by atoms with Crippen LogP contribution in [-0.4, -0.2) is 71.6 Å². The molecular formula is C33H44N2O8. The highest BCUT2D eigenvalue weighted by Gasteiger charge is 2.49. The molecule has 43 heavy (non-hydrogen) atoms. The fourth-order valence-corrected chi connectivity index (χ4v) is 5.83. The van der Waals surface area contributed by atoms with Crippen LogP contribution in [0.2, 0.25) is 0 Å². The van der Waals surface area contributed by atoms with Gasteiger partial charge in [-0.1, -0.05) is 45.1 Å². The SMILES string of the molecule is COC1CC(=O)N2c3cc(O)cc4c3OC(C=CC=CCC(OC(=O)C(C)NC(=O)C(C)C)C(C)C(O)C(C)=CCC4)C12. The van der Waals surface area contributed by atoms with Crippen molar-refractivity contribution in [2.24, 2.45) is 11.8 Å². The van der Waals surface area contributed by atoms with E-state index in [1.165, 1.54) is 0 Å². The minimum Gasteiger partial charge on any atom is -0.508 e. The van der Waals surface area contributed by atoms with Crippen LogP contribution in [0, 0.1) is 11.8 Å². The molecule has 1 saturated heterocycles. The van der Waals surface area contributed by atoms with Gasteiger partial charge in [-0.05, 0) is 44.4 Å². The number of amides is 2. The Labute approximate surface area is 253 Å². The average Bonchev–Trinajstić information content (AvgIpc) is 3.31. The zero-order valence-electron chi connectivity index (χ0n) is 25.8. The molecule has 1 aromatic rings. The number of hydrogen-bond donors (Lipinski definition) is 3. The molecule has 3 aliphatic rings. The van der Waals surface area contributed by atoms with Crippen LogP contribution in [0.1, 0.15) is 59.4 Å². The molecule has 0 aliphatic carbocycles. The predicted molar refractivity (Wildman–Crippen MR) is 162 cm³/mol. The first-order valence-electron chi connectivity index (χ1n) is 15.0. The molecule has 0 saturated carbocycles. The number of aliphatic hydroxyl groups excluding tert-OH is 1. The fraction of sp³-hybridized carbons (Fsp3) is 0.545. The minimum absolute atomic E-state index is 0.0360. The summed E-state index contributed by atoms with van der Waals surface area (Å²) in [6.45, 7) is 8.74. The van der Waals surface area contributed by atoms with E-state index in [9.17, 15) is 24.6 Å². The van der Waals surface area contributed by atoms with Crippen molar-refractivity contribution in [3.8, 4) is 11.5 Å². The molecule has 7 atom stereocenters. The fourth-order valence-electron chi connectivity index (χ4n) is 5.83. The van der Waals surface area contributed by atoms with E-state index in [1.807, 2.05) is 44.2 Å². The van der Waals surface area contributed by atoms with Crippen LogP contribution in [0.25, 0.3) is 0 Å². The molecule has 2 bridgehead atoms. The highest BCUT2D eigenvalue weighted by molar-refractivity contribution is 5.99. The Bertz CT molecular complexity index is 1300. The van der Waals surface area contributed by atoms with Crippen LogP contribution in [0.4, 0.5) is 5.69 Å². The van der Waals surface area contributed by atoms with E-state index in [0.717, 1.165) is 11.1 Å². The van der Waals surface area contributed by atoms with E-state index in [-0.39, 0.29) is 36.0 Å². The maximum Gasteiger partial charge on any atom is 0.328 e. The lowest BCUT2D eigenvalue weighted by atomic mass is 9.90. The lowest BCUT2D eigenvalue weighted by molar-refractivity contribution is -0.156. The van der Waals surface area contributed by atoms with Crippen LogP contribution < -0.4 is 15.0 Å². The number of esters is 1. The number of methoxy groups -OCH3 is 1. The zero-order chi connectivity index (χ0) is 31.4. The topological polar surface area (TPSA) is 135 Å². The average molecular weight is 597 g/mol. The number of fused-ring (bicyclic) bond motifs is 4. The van der Waals surface area contributed by atoms with Crippen molar-refractivity contribution in [2.75, 3.05) is 12.0 Å². The Morgan fingerprint density at radius 2 is 1.91 bits per heavy atom. The highest BCUT2D eigenvalue weighted by Crippen LogP contribution is 2.46. The number of benzene rings is 1. The maximum atomic E-state index is 13.1. The summed E-state index contributed by atoms with van der Waals surface area (Å²) < 4.78 is 18.0. The van der Waals surface area contributed by atoms with Crippen LogP contribution >= 0.6 is 0 Å². The minimum atomic E-state index is -0.886. The molecule has 4 rings (SSSR count). The number of hydrogen-bond acceptors (Lipinski definition) is 8. The van der Waals surface area contributed by atoms with Crippen LogP contribution in [-0.2, 0) is 30.3 Å². The Hall–Kier alpha value is -3.63. The Morgan fingerprint density at radius 1 is 1.16 bits per heavy atom. The Morgan fingerprint density at radius 3 is 2.60 bits per heavy atom. The van der Waals surface area contributed by atoms with E-state index >= 15 is 0 Å². The van der Waals surface area contributed by atoms with Gasteiger partial charge in [0.25, 0.3) is 0 Å². The smallest absolute Gasteiger partial charge is 0.328 e. The van der Waals surface area contributed by atoms with Crippen molar-refractivity contribution >= 4 is 23.5 Å². The van der Waals surface area contributed by atoms with Gasteiger partial charge in [-0.25, -0.2) is 4.79 Å². The third-order valence-electron chi connectivity index (χ3n) is 8.46. The van der Waals surface area contributed by atoms with E-state index in [0.29, 0.717) is 30.7 Å². The van der Waals surface area contributed by atoms with E-state index in [1.54, 1.807) is 44.9 Å². The lowest BCUT2D eigenvalue weighted by Gasteiger charge is -2.39. The molecule has 2 amide bonds. The maximum absolute atomic E-state index is 13.1. The van der Waals surface area contributed by atoms with E-state index < -0.39 is 42.3 Å². The van der Waals surface area contributed by atoms with E-state index in [4.69, 9.17) is 14.2 Å². The first-order valence-corrected chi connectivity index (χ1v) is 15.0. The van der Waals surface area contributed by atoms with Crippen molar-refractivity contribution < 1.29 is 38.8 Å². The number of nitrogens with zero attached hydrogens (tertiary/aromatic N) is 1. The molecule has 0 radical (unpaired) electrons. The summed E-state index contributed by atoms with van der Waals surface area (Å²) in [4.78, 5) is 39.9. The van der Waals surface area contributed by atoms with Crippen molar-refractivity contribution in [2.45, 2.75) is 96.8 Å². The van der Waals surface area contributed by atoms with Gasteiger partial charge >= 0.3 is 5.97 Å². The molecule has 1 fully saturated rings. The van der Waals surface area contributed by atoms with Gasteiger partial charge in [-0.3, -0.25) is 14.5 Å². The van der Waals surface area contributed by atoms with Crippen LogP contribution in [0.5, 0.6) is 11.5 Å². The molecule has 7 unspecified atom stereocenters. The lowest BCUT2D eigenvalue weighted by Crippen LogP contribution is -2.51. The molecule has 10 heteroatoms. The number of carbonyl (C=O) groups is 3. The summed E-state index contributed by atoms with van der Waals surface area (Å²) in [6, 6.07) is 1.96. The number of rotatable bonds is 5. The quantitative estimate of drug-likeness (QED) is 0.346. The van der Waals surface area contributed by atoms with Gasteiger partial charge < -0.3 is 29.7 Å². The first-order chi connectivity index (χ1) is 20.4. The number of anilines is 1. The third kappa shape index (κ3) is 7.13. The summed E-state index contributed by atoms with van der Waals surface area (Å²) in [5, 5.41) is 24.4. The van der Waals surface area contributed by atoms with Crippen molar-refractivity contribution in [1.82, 2.24) is 5.32 Å². The van der Waals surface area contributed by atoms with Gasteiger partial charge in [0.1, 0.15) is 35.8 Å². The normalized spacial score (nSPS) is 28.1. The van der Waals surface area contributed by atoms with Crippen molar-refractivity contribution in [3.63, 3.8) is 0 Å². The number of phenolic OH excluding ortho intramolecular Hbond substituents is 1. The van der Waals surface area contributed by atoms with Crippen molar-refractivity contribution in [3.05, 3.63) is 53.6 Å². The number of allylic oxidation sites excluding steroid dienone is 3.